The third-order valence-electron chi connectivity index (χ3n) is 3.77. The van der Waals surface area contributed by atoms with E-state index in [1.165, 1.54) is 16.7 Å². The summed E-state index contributed by atoms with van der Waals surface area (Å²) < 4.78 is 18.6. The molecule has 3 nitrogen and oxygen atoms in total. The highest BCUT2D eigenvalue weighted by Crippen LogP contribution is 2.17. The first-order valence-corrected chi connectivity index (χ1v) is 10.2. The van der Waals surface area contributed by atoms with Crippen molar-refractivity contribution in [1.29, 1.82) is 0 Å². The first-order valence-electron chi connectivity index (χ1n) is 8.50. The second kappa shape index (κ2) is 9.45. The van der Waals surface area contributed by atoms with E-state index in [0.717, 1.165) is 24.4 Å². The summed E-state index contributed by atoms with van der Waals surface area (Å²) >= 11 is 0. The molecule has 0 unspecified atom stereocenters. The molecule has 0 N–H and O–H groups in total. The van der Waals surface area contributed by atoms with E-state index < -0.39 is 8.80 Å². The molecule has 22 heavy (non-hydrogen) atoms. The fourth-order valence-corrected chi connectivity index (χ4v) is 5.25. The first-order chi connectivity index (χ1) is 10.5. The summed E-state index contributed by atoms with van der Waals surface area (Å²) in [5.41, 5.74) is 3.87. The van der Waals surface area contributed by atoms with Gasteiger partial charge in [-0.15, -0.1) is 0 Å². The molecule has 1 aromatic carbocycles. The third-order valence-corrected chi connectivity index (χ3v) is 6.52. The Balaban J connectivity index is 3.24. The van der Waals surface area contributed by atoms with Gasteiger partial charge in [0, 0.05) is 25.0 Å². The van der Waals surface area contributed by atoms with Gasteiger partial charge in [-0.25, -0.2) is 0 Å². The second-order valence-electron chi connectivity index (χ2n) is 5.84. The van der Waals surface area contributed by atoms with Crippen molar-refractivity contribution in [3.63, 3.8) is 0 Å². The van der Waals surface area contributed by atoms with E-state index in [-0.39, 0.29) is 0 Å². The Hall–Kier alpha value is -0.683. The zero-order valence-corrected chi connectivity index (χ0v) is 16.1. The SMILES string of the molecule is CCCO[Si](OCCC)(OCCC)c1cc(C)c(C)c(C)c1. The van der Waals surface area contributed by atoms with Crippen molar-refractivity contribution in [2.75, 3.05) is 19.8 Å². The quantitative estimate of drug-likeness (QED) is 0.608. The van der Waals surface area contributed by atoms with Gasteiger partial charge < -0.3 is 13.3 Å². The van der Waals surface area contributed by atoms with E-state index in [4.69, 9.17) is 13.3 Å². The van der Waals surface area contributed by atoms with Crippen molar-refractivity contribution in [1.82, 2.24) is 0 Å². The van der Waals surface area contributed by atoms with Crippen LogP contribution in [0.15, 0.2) is 12.1 Å². The molecule has 0 fully saturated rings. The molecule has 0 bridgehead atoms. The third kappa shape index (κ3) is 4.91. The molecule has 0 spiro atoms. The summed E-state index contributed by atoms with van der Waals surface area (Å²) in [5.74, 6) is 0. The highest BCUT2D eigenvalue weighted by molar-refractivity contribution is 6.75. The Kier molecular flexibility index (Phi) is 8.32. The summed E-state index contributed by atoms with van der Waals surface area (Å²) in [4.78, 5) is 0. The van der Waals surface area contributed by atoms with E-state index in [0.29, 0.717) is 19.8 Å². The van der Waals surface area contributed by atoms with Crippen LogP contribution in [0.4, 0.5) is 0 Å². The van der Waals surface area contributed by atoms with Crippen molar-refractivity contribution in [3.05, 3.63) is 28.8 Å². The number of benzene rings is 1. The summed E-state index contributed by atoms with van der Waals surface area (Å²) in [5, 5.41) is 1.10. The molecule has 0 saturated carbocycles. The predicted molar refractivity (Wildman–Crippen MR) is 94.8 cm³/mol. The summed E-state index contributed by atoms with van der Waals surface area (Å²) in [6.07, 6.45) is 2.89. The minimum atomic E-state index is -2.82. The van der Waals surface area contributed by atoms with Crippen molar-refractivity contribution in [3.8, 4) is 0 Å². The lowest BCUT2D eigenvalue weighted by molar-refractivity contribution is 0.0731. The molecule has 126 valence electrons. The molecule has 0 aliphatic heterocycles. The molecule has 1 aromatic rings. The number of hydrogen-bond acceptors (Lipinski definition) is 3. The first kappa shape index (κ1) is 19.4. The van der Waals surface area contributed by atoms with Gasteiger partial charge in [0.05, 0.1) is 0 Å². The number of rotatable bonds is 10. The van der Waals surface area contributed by atoms with E-state index >= 15 is 0 Å². The van der Waals surface area contributed by atoms with Crippen LogP contribution in [0.3, 0.4) is 0 Å². The Labute approximate surface area is 137 Å². The van der Waals surface area contributed by atoms with Gasteiger partial charge in [0.1, 0.15) is 0 Å². The van der Waals surface area contributed by atoms with E-state index in [1.54, 1.807) is 0 Å². The Bertz CT molecular complexity index is 415. The average molecular weight is 325 g/mol. The zero-order valence-electron chi connectivity index (χ0n) is 15.1. The van der Waals surface area contributed by atoms with Gasteiger partial charge in [-0.3, -0.25) is 0 Å². The summed E-state index contributed by atoms with van der Waals surface area (Å²) in [6.45, 7) is 14.8. The molecule has 0 aliphatic rings. The van der Waals surface area contributed by atoms with Crippen molar-refractivity contribution in [2.24, 2.45) is 0 Å². The Morgan fingerprint density at radius 3 is 1.41 bits per heavy atom. The van der Waals surface area contributed by atoms with Crippen LogP contribution in [0.1, 0.15) is 56.7 Å². The fourth-order valence-electron chi connectivity index (χ4n) is 2.30. The number of hydrogen-bond donors (Lipinski definition) is 0. The lowest BCUT2D eigenvalue weighted by Gasteiger charge is -2.30. The summed E-state index contributed by atoms with van der Waals surface area (Å²) in [6, 6.07) is 4.38. The molecule has 0 radical (unpaired) electrons. The maximum Gasteiger partial charge on any atom is 0.537 e. The van der Waals surface area contributed by atoms with Crippen LogP contribution in [0, 0.1) is 20.8 Å². The average Bonchev–Trinajstić information content (AvgIpc) is 2.52. The number of aryl methyl sites for hydroxylation is 2. The van der Waals surface area contributed by atoms with Crippen LogP contribution >= 0.6 is 0 Å². The van der Waals surface area contributed by atoms with Gasteiger partial charge in [-0.2, -0.15) is 0 Å². The molecule has 4 heteroatoms. The largest absolute Gasteiger partial charge is 0.537 e. The van der Waals surface area contributed by atoms with Gasteiger partial charge in [-0.05, 0) is 56.7 Å². The van der Waals surface area contributed by atoms with Crippen LogP contribution in [0.25, 0.3) is 0 Å². The molecule has 0 aromatic heterocycles. The monoisotopic (exact) mass is 324 g/mol. The molecule has 0 saturated heterocycles. The minimum Gasteiger partial charge on any atom is -0.370 e. The van der Waals surface area contributed by atoms with Gasteiger partial charge in [0.25, 0.3) is 0 Å². The lowest BCUT2D eigenvalue weighted by Crippen LogP contribution is -2.57. The maximum absolute atomic E-state index is 6.21. The van der Waals surface area contributed by atoms with Crippen molar-refractivity contribution >= 4 is 14.0 Å². The normalized spacial score (nSPS) is 11.9. The van der Waals surface area contributed by atoms with Crippen LogP contribution in [0.5, 0.6) is 0 Å². The van der Waals surface area contributed by atoms with E-state index in [2.05, 4.69) is 53.7 Å². The standard InChI is InChI=1S/C18H32O3Si/c1-7-10-19-22(20-11-8-2,21-12-9-3)18-13-15(4)17(6)16(5)14-18/h13-14H,7-12H2,1-6H3. The minimum absolute atomic E-state index is 0.672. The second-order valence-corrected chi connectivity index (χ2v) is 8.39. The smallest absolute Gasteiger partial charge is 0.370 e. The van der Waals surface area contributed by atoms with Gasteiger partial charge in [0.2, 0.25) is 0 Å². The zero-order chi connectivity index (χ0) is 16.6. The summed E-state index contributed by atoms with van der Waals surface area (Å²) in [7, 11) is -2.82. The lowest BCUT2D eigenvalue weighted by atomic mass is 10.1. The van der Waals surface area contributed by atoms with Crippen molar-refractivity contribution in [2.45, 2.75) is 60.8 Å². The van der Waals surface area contributed by atoms with Crippen LogP contribution < -0.4 is 5.19 Å². The topological polar surface area (TPSA) is 27.7 Å². The van der Waals surface area contributed by atoms with E-state index in [9.17, 15) is 0 Å². The van der Waals surface area contributed by atoms with Crippen LogP contribution in [0.2, 0.25) is 0 Å². The highest BCUT2D eigenvalue weighted by atomic mass is 28.4. The Morgan fingerprint density at radius 2 is 1.09 bits per heavy atom. The van der Waals surface area contributed by atoms with Gasteiger partial charge >= 0.3 is 8.80 Å². The molecular weight excluding hydrogens is 292 g/mol. The van der Waals surface area contributed by atoms with Crippen molar-refractivity contribution < 1.29 is 13.3 Å². The highest BCUT2D eigenvalue weighted by Gasteiger charge is 2.44. The molecule has 0 amide bonds. The molecule has 0 atom stereocenters. The molecule has 0 aliphatic carbocycles. The molecule has 0 heterocycles. The Morgan fingerprint density at radius 1 is 0.727 bits per heavy atom. The molecular formula is C18H32O3Si. The predicted octanol–water partition coefficient (Wildman–Crippen LogP) is 4.04. The van der Waals surface area contributed by atoms with Crippen LogP contribution in [-0.4, -0.2) is 28.6 Å². The molecule has 1 rings (SSSR count). The van der Waals surface area contributed by atoms with Crippen LogP contribution in [-0.2, 0) is 13.3 Å². The fraction of sp³-hybridized carbons (Fsp3) is 0.667. The maximum atomic E-state index is 6.21. The van der Waals surface area contributed by atoms with Gasteiger partial charge in [-0.1, -0.05) is 32.9 Å². The van der Waals surface area contributed by atoms with Gasteiger partial charge in [0.15, 0.2) is 0 Å². The van der Waals surface area contributed by atoms with E-state index in [1.807, 2.05) is 0 Å².